The third kappa shape index (κ3) is 2.31. The van der Waals surface area contributed by atoms with Gasteiger partial charge in [0, 0.05) is 6.61 Å². The number of sulfone groups is 1. The number of ether oxygens (including phenoxy) is 1. The molecule has 4 heteroatoms. The van der Waals surface area contributed by atoms with E-state index in [0.717, 1.165) is 18.4 Å². The van der Waals surface area contributed by atoms with Crippen molar-refractivity contribution < 1.29 is 13.2 Å². The molecule has 2 rings (SSSR count). The van der Waals surface area contributed by atoms with E-state index in [1.807, 2.05) is 30.3 Å². The molecule has 0 aliphatic carbocycles. The molecule has 0 spiro atoms. The lowest BCUT2D eigenvalue weighted by Gasteiger charge is -2.35. The molecule has 1 fully saturated rings. The van der Waals surface area contributed by atoms with Crippen molar-refractivity contribution in [3.63, 3.8) is 0 Å². The molecule has 2 unspecified atom stereocenters. The molecule has 1 saturated heterocycles. The summed E-state index contributed by atoms with van der Waals surface area (Å²) in [5.41, 5.74) is 0.827. The van der Waals surface area contributed by atoms with Gasteiger partial charge in [-0.2, -0.15) is 0 Å². The van der Waals surface area contributed by atoms with Crippen molar-refractivity contribution in [3.05, 3.63) is 35.9 Å². The molecule has 1 aliphatic rings. The number of benzene rings is 1. The molecule has 0 bridgehead atoms. The van der Waals surface area contributed by atoms with Crippen molar-refractivity contribution in [2.75, 3.05) is 6.61 Å². The number of rotatable bonds is 3. The average molecular weight is 268 g/mol. The van der Waals surface area contributed by atoms with Gasteiger partial charge in [-0.1, -0.05) is 30.3 Å². The predicted octanol–water partition coefficient (Wildman–Crippen LogP) is 3.08. The van der Waals surface area contributed by atoms with Gasteiger partial charge in [-0.05, 0) is 38.7 Å². The highest BCUT2D eigenvalue weighted by molar-refractivity contribution is 7.92. The van der Waals surface area contributed by atoms with Gasteiger partial charge in [-0.15, -0.1) is 0 Å². The minimum absolute atomic E-state index is 0.526. The second-order valence-electron chi connectivity index (χ2n) is 5.04. The maximum absolute atomic E-state index is 12.7. The molecule has 0 amide bonds. The quantitative estimate of drug-likeness (QED) is 0.846. The van der Waals surface area contributed by atoms with Gasteiger partial charge in [-0.25, -0.2) is 8.42 Å². The molecule has 1 aromatic carbocycles. The van der Waals surface area contributed by atoms with Crippen molar-refractivity contribution >= 4 is 9.84 Å². The summed E-state index contributed by atoms with van der Waals surface area (Å²) in [5, 5.41) is -0.526. The molecule has 1 aliphatic heterocycles. The Kier molecular flexibility index (Phi) is 3.78. The second kappa shape index (κ2) is 5.02. The molecule has 1 aromatic rings. The van der Waals surface area contributed by atoms with Gasteiger partial charge in [-0.3, -0.25) is 0 Å². The molecule has 0 N–H and O–H groups in total. The van der Waals surface area contributed by atoms with Crippen LogP contribution in [-0.2, 0) is 14.6 Å². The zero-order chi connectivity index (χ0) is 13.2. The fraction of sp³-hybridized carbons (Fsp3) is 0.571. The van der Waals surface area contributed by atoms with E-state index >= 15 is 0 Å². The van der Waals surface area contributed by atoms with Crippen LogP contribution < -0.4 is 0 Å². The van der Waals surface area contributed by atoms with Gasteiger partial charge in [0.1, 0.15) is 0 Å². The summed E-state index contributed by atoms with van der Waals surface area (Å²) in [7, 11) is -3.34. The maximum atomic E-state index is 12.7. The maximum Gasteiger partial charge on any atom is 0.186 e. The highest BCUT2D eigenvalue weighted by Crippen LogP contribution is 2.38. The van der Waals surface area contributed by atoms with E-state index in [1.165, 1.54) is 0 Å². The Morgan fingerprint density at radius 1 is 1.22 bits per heavy atom. The highest BCUT2D eigenvalue weighted by Gasteiger charge is 2.44. The van der Waals surface area contributed by atoms with Gasteiger partial charge in [0.15, 0.2) is 14.8 Å². The molecule has 100 valence electrons. The zero-order valence-electron chi connectivity index (χ0n) is 10.9. The van der Waals surface area contributed by atoms with E-state index in [0.29, 0.717) is 13.0 Å². The Morgan fingerprint density at radius 2 is 1.89 bits per heavy atom. The third-order valence-electron chi connectivity index (χ3n) is 3.77. The van der Waals surface area contributed by atoms with Gasteiger partial charge < -0.3 is 4.74 Å². The van der Waals surface area contributed by atoms with Crippen LogP contribution in [0.2, 0.25) is 0 Å². The topological polar surface area (TPSA) is 43.4 Å². The van der Waals surface area contributed by atoms with E-state index in [1.54, 1.807) is 13.8 Å². The molecular formula is C14H20O3S. The third-order valence-corrected chi connectivity index (χ3v) is 6.50. The van der Waals surface area contributed by atoms with Crippen LogP contribution >= 0.6 is 0 Å². The second-order valence-corrected chi connectivity index (χ2v) is 7.70. The van der Waals surface area contributed by atoms with Crippen LogP contribution in [-0.4, -0.2) is 20.0 Å². The summed E-state index contributed by atoms with van der Waals surface area (Å²) in [5.74, 6) is 0. The molecule has 1 heterocycles. The van der Waals surface area contributed by atoms with Crippen LogP contribution in [0.4, 0.5) is 0 Å². The number of hydrogen-bond donors (Lipinski definition) is 0. The Hall–Kier alpha value is -0.870. The van der Waals surface area contributed by atoms with E-state index in [-0.39, 0.29) is 0 Å². The summed E-state index contributed by atoms with van der Waals surface area (Å²) in [6.45, 7) is 3.99. The van der Waals surface area contributed by atoms with Crippen LogP contribution in [0.1, 0.15) is 43.9 Å². The van der Waals surface area contributed by atoms with Crippen molar-refractivity contribution in [2.45, 2.75) is 43.3 Å². The predicted molar refractivity (Wildman–Crippen MR) is 72.0 cm³/mol. The van der Waals surface area contributed by atoms with E-state index in [4.69, 9.17) is 4.74 Å². The monoisotopic (exact) mass is 268 g/mol. The molecule has 18 heavy (non-hydrogen) atoms. The molecule has 0 saturated carbocycles. The van der Waals surface area contributed by atoms with Crippen molar-refractivity contribution in [1.29, 1.82) is 0 Å². The van der Waals surface area contributed by atoms with E-state index in [9.17, 15) is 8.42 Å². The molecule has 0 radical (unpaired) electrons. The summed E-state index contributed by atoms with van der Waals surface area (Å²) in [6, 6.07) is 9.33. The minimum atomic E-state index is -3.34. The summed E-state index contributed by atoms with van der Waals surface area (Å²) < 4.78 is 31.0. The lowest BCUT2D eigenvalue weighted by atomic mass is 10.1. The lowest BCUT2D eigenvalue weighted by molar-refractivity contribution is -0.00572. The fourth-order valence-electron chi connectivity index (χ4n) is 2.41. The van der Waals surface area contributed by atoms with Gasteiger partial charge >= 0.3 is 0 Å². The normalized spacial score (nSPS) is 26.8. The van der Waals surface area contributed by atoms with Crippen molar-refractivity contribution in [1.82, 2.24) is 0 Å². The lowest BCUT2D eigenvalue weighted by Crippen LogP contribution is -2.43. The zero-order valence-corrected chi connectivity index (χ0v) is 11.7. The van der Waals surface area contributed by atoms with Crippen LogP contribution in [0.3, 0.4) is 0 Å². The summed E-state index contributed by atoms with van der Waals surface area (Å²) in [6.07, 6.45) is 2.45. The van der Waals surface area contributed by atoms with Crippen LogP contribution in [0, 0.1) is 0 Å². The smallest absolute Gasteiger partial charge is 0.186 e. The highest BCUT2D eigenvalue weighted by atomic mass is 32.2. The van der Waals surface area contributed by atoms with Gasteiger partial charge in [0.05, 0.1) is 5.25 Å². The Balaban J connectivity index is 2.31. The van der Waals surface area contributed by atoms with Crippen LogP contribution in [0.5, 0.6) is 0 Å². The molecule has 3 nitrogen and oxygen atoms in total. The van der Waals surface area contributed by atoms with Crippen molar-refractivity contribution in [3.8, 4) is 0 Å². The largest absolute Gasteiger partial charge is 0.359 e. The molecule has 2 atom stereocenters. The van der Waals surface area contributed by atoms with Crippen molar-refractivity contribution in [2.24, 2.45) is 0 Å². The fourth-order valence-corrected chi connectivity index (χ4v) is 4.35. The Bertz CT molecular complexity index is 487. The Labute approximate surface area is 109 Å². The average Bonchev–Trinajstić information content (AvgIpc) is 2.39. The first-order valence-corrected chi connectivity index (χ1v) is 7.94. The van der Waals surface area contributed by atoms with E-state index < -0.39 is 20.0 Å². The Morgan fingerprint density at radius 3 is 2.44 bits per heavy atom. The van der Waals surface area contributed by atoms with Crippen LogP contribution in [0.15, 0.2) is 30.3 Å². The summed E-state index contributed by atoms with van der Waals surface area (Å²) >= 11 is 0. The molecular weight excluding hydrogens is 248 g/mol. The first-order chi connectivity index (χ1) is 8.47. The minimum Gasteiger partial charge on any atom is -0.359 e. The SMILES string of the molecule is CC(c1ccccc1)S(=O)(=O)C1(C)CCCCO1. The standard InChI is InChI=1S/C14H20O3S/c1-12(13-8-4-3-5-9-13)18(15,16)14(2)10-6-7-11-17-14/h3-5,8-9,12H,6-7,10-11H2,1-2H3. The molecule has 0 aromatic heterocycles. The van der Waals surface area contributed by atoms with Gasteiger partial charge in [0.2, 0.25) is 0 Å². The van der Waals surface area contributed by atoms with E-state index in [2.05, 4.69) is 0 Å². The first kappa shape index (κ1) is 13.6. The number of hydrogen-bond acceptors (Lipinski definition) is 3. The summed E-state index contributed by atoms with van der Waals surface area (Å²) in [4.78, 5) is -1.03. The van der Waals surface area contributed by atoms with Gasteiger partial charge in [0.25, 0.3) is 0 Å². The first-order valence-electron chi connectivity index (χ1n) is 6.40. The van der Waals surface area contributed by atoms with Crippen LogP contribution in [0.25, 0.3) is 0 Å².